The van der Waals surface area contributed by atoms with Crippen molar-refractivity contribution in [2.75, 3.05) is 5.32 Å². The molecule has 7 heteroatoms. The lowest BCUT2D eigenvalue weighted by atomic mass is 9.94. The van der Waals surface area contributed by atoms with E-state index in [2.05, 4.69) is 36.0 Å². The Morgan fingerprint density at radius 3 is 2.77 bits per heavy atom. The van der Waals surface area contributed by atoms with Crippen LogP contribution in [0.4, 0.5) is 19.3 Å². The number of aryl methyl sites for hydroxylation is 1. The number of carbonyl (C=O) groups excluding carboxylic acids is 1. The van der Waals surface area contributed by atoms with Crippen molar-refractivity contribution < 1.29 is 13.6 Å². The van der Waals surface area contributed by atoms with E-state index in [0.29, 0.717) is 6.54 Å². The highest BCUT2D eigenvalue weighted by Crippen LogP contribution is 2.44. The fraction of sp³-hybridized carbons (Fsp3) is 0.375. The van der Waals surface area contributed by atoms with Gasteiger partial charge in [-0.2, -0.15) is 0 Å². The zero-order valence-corrected chi connectivity index (χ0v) is 18.4. The number of urea groups is 1. The van der Waals surface area contributed by atoms with Gasteiger partial charge >= 0.3 is 6.03 Å². The van der Waals surface area contributed by atoms with Crippen LogP contribution in [0.25, 0.3) is 5.00 Å². The Morgan fingerprint density at radius 2 is 1.97 bits per heavy atom. The van der Waals surface area contributed by atoms with E-state index >= 15 is 0 Å². The first-order valence-electron chi connectivity index (χ1n) is 10.8. The molecule has 0 radical (unpaired) electrons. The molecule has 1 aliphatic heterocycles. The minimum Gasteiger partial charge on any atom is -0.311 e. The summed E-state index contributed by atoms with van der Waals surface area (Å²) in [6.45, 7) is 4.62. The van der Waals surface area contributed by atoms with Crippen LogP contribution in [0.5, 0.6) is 0 Å². The Hall–Kier alpha value is -2.67. The van der Waals surface area contributed by atoms with Crippen molar-refractivity contribution in [3.05, 3.63) is 69.9 Å². The molecule has 4 nitrogen and oxygen atoms in total. The number of anilines is 1. The smallest absolute Gasteiger partial charge is 0.311 e. The van der Waals surface area contributed by atoms with Crippen molar-refractivity contribution in [2.45, 2.75) is 52.1 Å². The van der Waals surface area contributed by atoms with Crippen LogP contribution in [0.15, 0.2) is 36.5 Å². The third kappa shape index (κ3) is 3.45. The monoisotopic (exact) mass is 441 g/mol. The van der Waals surface area contributed by atoms with E-state index in [1.54, 1.807) is 4.90 Å². The van der Waals surface area contributed by atoms with Gasteiger partial charge in [-0.1, -0.05) is 13.8 Å². The number of hydrogen-bond acceptors (Lipinski definition) is 2. The highest BCUT2D eigenvalue weighted by molar-refractivity contribution is 7.15. The average molecular weight is 442 g/mol. The van der Waals surface area contributed by atoms with Crippen LogP contribution in [0.3, 0.4) is 0 Å². The number of nitrogens with one attached hydrogen (secondary N) is 1. The standard InChI is InChI=1S/C24H25F2N3OS/c1-14(2)22-20-7-5-11-28(20)23-17(16-6-3-4-8-21(16)31-23)13-29(22)24(30)27-19-12-15(25)9-10-18(19)26/h5,7,9-12,14,22H,3-4,6,8,13H2,1-2H3,(H,27,30)/t22-/m0/s1. The van der Waals surface area contributed by atoms with Gasteiger partial charge in [0, 0.05) is 28.4 Å². The van der Waals surface area contributed by atoms with Crippen molar-refractivity contribution >= 4 is 23.1 Å². The number of aromatic nitrogens is 1. The lowest BCUT2D eigenvalue weighted by Gasteiger charge is -2.33. The molecule has 1 atom stereocenters. The quantitative estimate of drug-likeness (QED) is 0.488. The van der Waals surface area contributed by atoms with Crippen LogP contribution in [0.1, 0.15) is 54.4 Å². The Kier molecular flexibility index (Phi) is 5.08. The number of halogens is 2. The van der Waals surface area contributed by atoms with Gasteiger partial charge in [-0.25, -0.2) is 13.6 Å². The molecule has 0 unspecified atom stereocenters. The second-order valence-electron chi connectivity index (χ2n) is 8.67. The van der Waals surface area contributed by atoms with Gasteiger partial charge in [0.1, 0.15) is 16.6 Å². The predicted molar refractivity (Wildman–Crippen MR) is 119 cm³/mol. The number of carbonyl (C=O) groups is 1. The van der Waals surface area contributed by atoms with Crippen molar-refractivity contribution in [1.29, 1.82) is 0 Å². The zero-order chi connectivity index (χ0) is 21.7. The third-order valence-electron chi connectivity index (χ3n) is 6.29. The molecule has 1 aliphatic carbocycles. The predicted octanol–water partition coefficient (Wildman–Crippen LogP) is 6.44. The maximum atomic E-state index is 14.2. The van der Waals surface area contributed by atoms with Gasteiger partial charge in [-0.05, 0) is 61.4 Å². The number of nitrogens with zero attached hydrogens (tertiary/aromatic N) is 2. The minimum atomic E-state index is -0.650. The molecule has 31 heavy (non-hydrogen) atoms. The normalized spacial score (nSPS) is 17.7. The molecule has 1 aromatic carbocycles. The SMILES string of the molecule is CC(C)[C@H]1c2cccn2-c2sc3c(c2CN1C(=O)Nc1cc(F)ccc1F)CCCC3. The molecule has 162 valence electrons. The minimum absolute atomic E-state index is 0.139. The topological polar surface area (TPSA) is 37.3 Å². The van der Waals surface area contributed by atoms with Crippen LogP contribution in [-0.4, -0.2) is 15.5 Å². The number of hydrogen-bond donors (Lipinski definition) is 1. The first-order valence-corrected chi connectivity index (χ1v) is 11.6. The summed E-state index contributed by atoms with van der Waals surface area (Å²) in [5.74, 6) is -1.10. The molecule has 0 saturated heterocycles. The number of amides is 2. The summed E-state index contributed by atoms with van der Waals surface area (Å²) >= 11 is 1.83. The largest absolute Gasteiger partial charge is 0.322 e. The number of fused-ring (bicyclic) bond motifs is 5. The summed E-state index contributed by atoms with van der Waals surface area (Å²) in [4.78, 5) is 16.6. The van der Waals surface area contributed by atoms with E-state index in [1.807, 2.05) is 17.4 Å². The second-order valence-corrected chi connectivity index (χ2v) is 9.75. The second kappa shape index (κ2) is 7.79. The van der Waals surface area contributed by atoms with Crippen molar-refractivity contribution in [3.8, 4) is 5.00 Å². The molecule has 3 heterocycles. The van der Waals surface area contributed by atoms with Gasteiger partial charge < -0.3 is 14.8 Å². The number of benzene rings is 1. The van der Waals surface area contributed by atoms with Gasteiger partial charge in [0.2, 0.25) is 0 Å². The number of rotatable bonds is 2. The van der Waals surface area contributed by atoms with Gasteiger partial charge in [-0.3, -0.25) is 0 Å². The fourth-order valence-corrected chi connectivity index (χ4v) is 6.31. The molecule has 0 spiro atoms. The van der Waals surface area contributed by atoms with Gasteiger partial charge in [0.15, 0.2) is 0 Å². The molecule has 0 fully saturated rings. The lowest BCUT2D eigenvalue weighted by Crippen LogP contribution is -2.39. The van der Waals surface area contributed by atoms with Crippen LogP contribution in [0.2, 0.25) is 0 Å². The summed E-state index contributed by atoms with van der Waals surface area (Å²) in [6, 6.07) is 6.57. The third-order valence-corrected chi connectivity index (χ3v) is 7.62. The molecule has 2 amide bonds. The lowest BCUT2D eigenvalue weighted by molar-refractivity contribution is 0.161. The van der Waals surface area contributed by atoms with Crippen molar-refractivity contribution in [1.82, 2.24) is 9.47 Å². The van der Waals surface area contributed by atoms with E-state index in [0.717, 1.165) is 43.2 Å². The summed E-state index contributed by atoms with van der Waals surface area (Å²) in [5.41, 5.74) is 3.46. The van der Waals surface area contributed by atoms with E-state index in [-0.39, 0.29) is 17.6 Å². The summed E-state index contributed by atoms with van der Waals surface area (Å²) < 4.78 is 30.1. The van der Waals surface area contributed by atoms with E-state index in [4.69, 9.17) is 0 Å². The molecule has 0 bridgehead atoms. The van der Waals surface area contributed by atoms with Crippen LogP contribution in [-0.2, 0) is 19.4 Å². The average Bonchev–Trinajstić information content (AvgIpc) is 3.32. The Morgan fingerprint density at radius 1 is 1.16 bits per heavy atom. The maximum Gasteiger partial charge on any atom is 0.322 e. The van der Waals surface area contributed by atoms with Gasteiger partial charge in [0.05, 0.1) is 18.3 Å². The van der Waals surface area contributed by atoms with E-state index in [9.17, 15) is 13.6 Å². The van der Waals surface area contributed by atoms with Crippen LogP contribution < -0.4 is 5.32 Å². The molecule has 0 saturated carbocycles. The van der Waals surface area contributed by atoms with Gasteiger partial charge in [0.25, 0.3) is 0 Å². The first kappa shape index (κ1) is 20.2. The molecule has 2 aromatic heterocycles. The molecule has 1 N–H and O–H groups in total. The molecular weight excluding hydrogens is 416 g/mol. The Balaban J connectivity index is 1.60. The Labute approximate surface area is 184 Å². The fourth-order valence-electron chi connectivity index (χ4n) is 4.90. The summed E-state index contributed by atoms with van der Waals surface area (Å²) in [6.07, 6.45) is 6.53. The van der Waals surface area contributed by atoms with Crippen molar-refractivity contribution in [2.24, 2.45) is 5.92 Å². The first-order chi connectivity index (χ1) is 14.9. The number of thiophene rings is 1. The summed E-state index contributed by atoms with van der Waals surface area (Å²) in [5, 5.41) is 3.81. The van der Waals surface area contributed by atoms with Crippen LogP contribution >= 0.6 is 11.3 Å². The van der Waals surface area contributed by atoms with Crippen molar-refractivity contribution in [3.63, 3.8) is 0 Å². The van der Waals surface area contributed by atoms with Gasteiger partial charge in [-0.15, -0.1) is 11.3 Å². The maximum absolute atomic E-state index is 14.2. The molecule has 5 rings (SSSR count). The van der Waals surface area contributed by atoms with E-state index in [1.165, 1.54) is 27.4 Å². The highest BCUT2D eigenvalue weighted by Gasteiger charge is 2.36. The molecule has 2 aliphatic rings. The summed E-state index contributed by atoms with van der Waals surface area (Å²) in [7, 11) is 0. The molecular formula is C24H25F2N3OS. The highest BCUT2D eigenvalue weighted by atomic mass is 32.1. The van der Waals surface area contributed by atoms with Crippen LogP contribution in [0, 0.1) is 17.6 Å². The Bertz CT molecular complexity index is 1150. The molecule has 3 aromatic rings. The zero-order valence-electron chi connectivity index (χ0n) is 17.6. The van der Waals surface area contributed by atoms with E-state index < -0.39 is 17.7 Å².